The Morgan fingerprint density at radius 1 is 1.35 bits per heavy atom. The maximum atomic E-state index is 12.2. The van der Waals surface area contributed by atoms with Crippen molar-refractivity contribution in [3.05, 3.63) is 35.4 Å². The van der Waals surface area contributed by atoms with E-state index in [9.17, 15) is 4.79 Å². The molecule has 4 rings (SSSR count). The zero-order valence-corrected chi connectivity index (χ0v) is 13.8. The molecule has 1 aliphatic carbocycles. The molecule has 3 aliphatic rings. The van der Waals surface area contributed by atoms with Gasteiger partial charge < -0.3 is 10.1 Å². The zero-order valence-electron chi connectivity index (χ0n) is 13.8. The molecule has 0 aromatic heterocycles. The minimum absolute atomic E-state index is 0.118. The number of piperidine rings is 1. The van der Waals surface area contributed by atoms with Gasteiger partial charge in [0.1, 0.15) is 6.10 Å². The van der Waals surface area contributed by atoms with E-state index in [0.717, 1.165) is 45.3 Å². The van der Waals surface area contributed by atoms with Gasteiger partial charge in [-0.05, 0) is 50.6 Å². The minimum Gasteiger partial charge on any atom is -0.364 e. The van der Waals surface area contributed by atoms with Crippen molar-refractivity contribution in [1.82, 2.24) is 10.2 Å². The molecular formula is C19H26N2O2. The summed E-state index contributed by atoms with van der Waals surface area (Å²) < 4.78 is 6.09. The second-order valence-electron chi connectivity index (χ2n) is 7.45. The number of nitrogens with one attached hydrogen (secondary N) is 1. The third-order valence-electron chi connectivity index (χ3n) is 5.34. The number of carbonyl (C=O) groups is 1. The average Bonchev–Trinajstić information content (AvgIpc) is 3.23. The third kappa shape index (κ3) is 3.59. The van der Waals surface area contributed by atoms with Crippen molar-refractivity contribution in [3.8, 4) is 0 Å². The number of amides is 1. The van der Waals surface area contributed by atoms with Crippen LogP contribution in [0.15, 0.2) is 24.3 Å². The minimum atomic E-state index is -0.218. The van der Waals surface area contributed by atoms with Crippen LogP contribution >= 0.6 is 0 Å². The van der Waals surface area contributed by atoms with Crippen LogP contribution in [0, 0.1) is 12.8 Å². The van der Waals surface area contributed by atoms with Crippen molar-refractivity contribution in [2.45, 2.75) is 57.4 Å². The number of nitrogens with zero attached hydrogens (tertiary/aromatic N) is 1. The molecule has 0 radical (unpaired) electrons. The van der Waals surface area contributed by atoms with Crippen molar-refractivity contribution in [1.29, 1.82) is 0 Å². The summed E-state index contributed by atoms with van der Waals surface area (Å²) >= 11 is 0. The molecular weight excluding hydrogens is 288 g/mol. The van der Waals surface area contributed by atoms with Crippen molar-refractivity contribution < 1.29 is 9.53 Å². The summed E-state index contributed by atoms with van der Waals surface area (Å²) in [6.07, 6.45) is 4.32. The molecule has 1 amide bonds. The van der Waals surface area contributed by atoms with E-state index < -0.39 is 0 Å². The largest absolute Gasteiger partial charge is 0.364 e. The Morgan fingerprint density at radius 2 is 2.22 bits per heavy atom. The summed E-state index contributed by atoms with van der Waals surface area (Å²) in [6.45, 7) is 5.17. The molecule has 1 aromatic rings. The van der Waals surface area contributed by atoms with Crippen LogP contribution < -0.4 is 5.32 Å². The molecule has 2 saturated heterocycles. The van der Waals surface area contributed by atoms with Crippen LogP contribution in [0.1, 0.15) is 36.8 Å². The molecule has 1 aromatic carbocycles. The topological polar surface area (TPSA) is 41.6 Å². The number of rotatable bonds is 4. The predicted octanol–water partition coefficient (Wildman–Crippen LogP) is 2.25. The normalized spacial score (nSPS) is 30.9. The lowest BCUT2D eigenvalue weighted by Crippen LogP contribution is -2.42. The first-order valence-electron chi connectivity index (χ1n) is 8.91. The number of carbonyl (C=O) groups excluding carboxylic acids is 1. The van der Waals surface area contributed by atoms with Gasteiger partial charge in [-0.25, -0.2) is 0 Å². The number of hydrogen-bond acceptors (Lipinski definition) is 3. The smallest absolute Gasteiger partial charge is 0.249 e. The van der Waals surface area contributed by atoms with Crippen LogP contribution in [0.4, 0.5) is 0 Å². The SMILES string of the molecule is Cc1cccc(CN2CC[C@H]3C[C@H](C(=O)NC4CC4)O[C@@H]3C2)c1. The number of aryl methyl sites for hydroxylation is 1. The highest BCUT2D eigenvalue weighted by Gasteiger charge is 2.42. The predicted molar refractivity (Wildman–Crippen MR) is 89.0 cm³/mol. The fourth-order valence-electron chi connectivity index (χ4n) is 3.90. The Hall–Kier alpha value is -1.39. The molecule has 1 N–H and O–H groups in total. The van der Waals surface area contributed by atoms with E-state index in [1.807, 2.05) is 0 Å². The summed E-state index contributed by atoms with van der Waals surface area (Å²) in [5.41, 5.74) is 2.68. The third-order valence-corrected chi connectivity index (χ3v) is 5.34. The second kappa shape index (κ2) is 6.25. The van der Waals surface area contributed by atoms with Gasteiger partial charge in [0.2, 0.25) is 5.91 Å². The van der Waals surface area contributed by atoms with E-state index in [0.29, 0.717) is 12.0 Å². The second-order valence-corrected chi connectivity index (χ2v) is 7.45. The summed E-state index contributed by atoms with van der Waals surface area (Å²) in [5, 5.41) is 3.09. The van der Waals surface area contributed by atoms with Crippen LogP contribution in [0.25, 0.3) is 0 Å². The van der Waals surface area contributed by atoms with Gasteiger partial charge in [0.05, 0.1) is 6.10 Å². The maximum Gasteiger partial charge on any atom is 0.249 e. The standard InChI is InChI=1S/C19H26N2O2/c1-13-3-2-4-14(9-13)11-21-8-7-15-10-17(23-18(15)12-21)19(22)20-16-5-6-16/h2-4,9,15-18H,5-8,10-12H2,1H3,(H,20,22)/t15-,17+,18+/m0/s1. The monoisotopic (exact) mass is 314 g/mol. The molecule has 1 saturated carbocycles. The van der Waals surface area contributed by atoms with E-state index in [2.05, 4.69) is 41.4 Å². The summed E-state index contributed by atoms with van der Waals surface area (Å²) in [6, 6.07) is 9.14. The van der Waals surface area contributed by atoms with Crippen molar-refractivity contribution in [2.75, 3.05) is 13.1 Å². The molecule has 2 heterocycles. The van der Waals surface area contributed by atoms with Crippen LogP contribution in [-0.4, -0.2) is 42.1 Å². The molecule has 3 fully saturated rings. The highest BCUT2D eigenvalue weighted by molar-refractivity contribution is 5.81. The van der Waals surface area contributed by atoms with Crippen molar-refractivity contribution in [3.63, 3.8) is 0 Å². The Kier molecular flexibility index (Phi) is 4.12. The molecule has 0 unspecified atom stereocenters. The molecule has 0 spiro atoms. The van der Waals surface area contributed by atoms with Gasteiger partial charge in [0.25, 0.3) is 0 Å². The molecule has 3 atom stereocenters. The molecule has 23 heavy (non-hydrogen) atoms. The summed E-state index contributed by atoms with van der Waals surface area (Å²) in [5.74, 6) is 0.672. The molecule has 2 aliphatic heterocycles. The Labute approximate surface area is 138 Å². The highest BCUT2D eigenvalue weighted by Crippen LogP contribution is 2.34. The first kappa shape index (κ1) is 15.2. The van der Waals surface area contributed by atoms with Crippen LogP contribution in [-0.2, 0) is 16.1 Å². The van der Waals surface area contributed by atoms with Gasteiger partial charge in [-0.3, -0.25) is 9.69 Å². The van der Waals surface area contributed by atoms with Crippen LogP contribution in [0.3, 0.4) is 0 Å². The lowest BCUT2D eigenvalue weighted by atomic mass is 9.91. The summed E-state index contributed by atoms with van der Waals surface area (Å²) in [7, 11) is 0. The first-order valence-corrected chi connectivity index (χ1v) is 8.91. The lowest BCUT2D eigenvalue weighted by Gasteiger charge is -2.34. The lowest BCUT2D eigenvalue weighted by molar-refractivity contribution is -0.133. The van der Waals surface area contributed by atoms with Gasteiger partial charge in [0, 0.05) is 19.1 Å². The van der Waals surface area contributed by atoms with Gasteiger partial charge in [-0.15, -0.1) is 0 Å². The van der Waals surface area contributed by atoms with Crippen LogP contribution in [0.2, 0.25) is 0 Å². The Morgan fingerprint density at radius 3 is 3.00 bits per heavy atom. The number of hydrogen-bond donors (Lipinski definition) is 1. The Balaban J connectivity index is 1.33. The molecule has 4 heteroatoms. The van der Waals surface area contributed by atoms with Crippen LogP contribution in [0.5, 0.6) is 0 Å². The molecule has 4 nitrogen and oxygen atoms in total. The number of ether oxygens (including phenoxy) is 1. The Bertz CT molecular complexity index is 584. The van der Waals surface area contributed by atoms with Gasteiger partial charge in [0.15, 0.2) is 0 Å². The van der Waals surface area contributed by atoms with Gasteiger partial charge >= 0.3 is 0 Å². The average molecular weight is 314 g/mol. The van der Waals surface area contributed by atoms with Gasteiger partial charge in [-0.2, -0.15) is 0 Å². The number of benzene rings is 1. The van der Waals surface area contributed by atoms with E-state index in [4.69, 9.17) is 4.74 Å². The van der Waals surface area contributed by atoms with Crippen molar-refractivity contribution in [2.24, 2.45) is 5.92 Å². The number of likely N-dealkylation sites (tertiary alicyclic amines) is 1. The highest BCUT2D eigenvalue weighted by atomic mass is 16.5. The summed E-state index contributed by atoms with van der Waals surface area (Å²) in [4.78, 5) is 14.7. The fourth-order valence-corrected chi connectivity index (χ4v) is 3.90. The quantitative estimate of drug-likeness (QED) is 0.927. The van der Waals surface area contributed by atoms with E-state index in [1.165, 1.54) is 11.1 Å². The maximum absolute atomic E-state index is 12.2. The zero-order chi connectivity index (χ0) is 15.8. The molecule has 124 valence electrons. The van der Waals surface area contributed by atoms with E-state index in [1.54, 1.807) is 0 Å². The fraction of sp³-hybridized carbons (Fsp3) is 0.632. The molecule has 0 bridgehead atoms. The van der Waals surface area contributed by atoms with E-state index >= 15 is 0 Å². The number of fused-ring (bicyclic) bond motifs is 1. The van der Waals surface area contributed by atoms with E-state index in [-0.39, 0.29) is 18.1 Å². The van der Waals surface area contributed by atoms with Gasteiger partial charge in [-0.1, -0.05) is 29.8 Å². The first-order chi connectivity index (χ1) is 11.2. The van der Waals surface area contributed by atoms with Crippen molar-refractivity contribution >= 4 is 5.91 Å².